The number of rotatable bonds is 4. The van der Waals surface area contributed by atoms with Crippen LogP contribution in [0.4, 0.5) is 10.1 Å². The molecule has 0 radical (unpaired) electrons. The molecule has 8 heteroatoms. The zero-order valence-electron chi connectivity index (χ0n) is 10.4. The van der Waals surface area contributed by atoms with Gasteiger partial charge in [-0.05, 0) is 12.1 Å². The molecule has 0 unspecified atom stereocenters. The molecule has 0 aliphatic heterocycles. The van der Waals surface area contributed by atoms with Gasteiger partial charge in [0.1, 0.15) is 12.4 Å². The summed E-state index contributed by atoms with van der Waals surface area (Å²) in [4.78, 5) is 21.4. The predicted octanol–water partition coefficient (Wildman–Crippen LogP) is 1.77. The van der Waals surface area contributed by atoms with Crippen molar-refractivity contribution in [3.05, 3.63) is 46.5 Å². The van der Waals surface area contributed by atoms with Gasteiger partial charge in [0, 0.05) is 17.8 Å². The molecular weight excluding hydrogens is 269 g/mol. The Labute approximate surface area is 112 Å². The number of methoxy groups -OCH3 is 1. The van der Waals surface area contributed by atoms with Crippen LogP contribution in [0.5, 0.6) is 0 Å². The van der Waals surface area contributed by atoms with Gasteiger partial charge in [0.15, 0.2) is 0 Å². The molecule has 0 aliphatic rings. The van der Waals surface area contributed by atoms with E-state index in [0.717, 1.165) is 18.2 Å². The first kappa shape index (κ1) is 13.7. The van der Waals surface area contributed by atoms with Crippen molar-refractivity contribution in [2.24, 2.45) is 0 Å². The maximum atomic E-state index is 13.2. The van der Waals surface area contributed by atoms with Crippen LogP contribution in [0.2, 0.25) is 0 Å². The van der Waals surface area contributed by atoms with Gasteiger partial charge >= 0.3 is 5.97 Å². The third-order valence-electron chi connectivity index (χ3n) is 2.62. The second-order valence-corrected chi connectivity index (χ2v) is 3.92. The number of hydrogen-bond donors (Lipinski definition) is 0. The summed E-state index contributed by atoms with van der Waals surface area (Å²) in [6, 6.07) is 3.15. The molecule has 2 aromatic rings. The van der Waals surface area contributed by atoms with Crippen LogP contribution in [-0.4, -0.2) is 27.8 Å². The van der Waals surface area contributed by atoms with Crippen LogP contribution >= 0.6 is 0 Å². The molecule has 0 N–H and O–H groups in total. The molecule has 0 saturated carbocycles. The van der Waals surface area contributed by atoms with Gasteiger partial charge in [-0.15, -0.1) is 0 Å². The van der Waals surface area contributed by atoms with E-state index < -0.39 is 16.7 Å². The van der Waals surface area contributed by atoms with Crippen molar-refractivity contribution >= 4 is 11.7 Å². The molecule has 7 nitrogen and oxygen atoms in total. The number of nitro benzene ring substituents is 1. The van der Waals surface area contributed by atoms with Crippen molar-refractivity contribution in [2.45, 2.75) is 6.54 Å². The van der Waals surface area contributed by atoms with Gasteiger partial charge in [0.05, 0.1) is 23.8 Å². The fourth-order valence-electron chi connectivity index (χ4n) is 1.68. The number of nitrogens with zero attached hydrogens (tertiary/aromatic N) is 3. The summed E-state index contributed by atoms with van der Waals surface area (Å²) in [6.07, 6.45) is 2.74. The minimum absolute atomic E-state index is 0.103. The molecule has 0 atom stereocenters. The molecule has 1 aromatic carbocycles. The number of halogens is 1. The highest BCUT2D eigenvalue weighted by Crippen LogP contribution is 2.30. The van der Waals surface area contributed by atoms with E-state index in [1.54, 1.807) is 0 Å². The highest BCUT2D eigenvalue weighted by molar-refractivity contribution is 5.73. The molecule has 0 aliphatic carbocycles. The lowest BCUT2D eigenvalue weighted by molar-refractivity contribution is -0.384. The number of aromatic nitrogens is 2. The molecule has 0 fully saturated rings. The van der Waals surface area contributed by atoms with Crippen LogP contribution in [-0.2, 0) is 16.1 Å². The van der Waals surface area contributed by atoms with Gasteiger partial charge in [0.25, 0.3) is 5.69 Å². The highest BCUT2D eigenvalue weighted by Gasteiger charge is 2.17. The van der Waals surface area contributed by atoms with Gasteiger partial charge in [-0.2, -0.15) is 5.10 Å². The van der Waals surface area contributed by atoms with Crippen LogP contribution in [0.15, 0.2) is 30.6 Å². The Morgan fingerprint density at radius 1 is 1.55 bits per heavy atom. The lowest BCUT2D eigenvalue weighted by Crippen LogP contribution is -2.11. The largest absolute Gasteiger partial charge is 0.468 e. The standard InChI is InChI=1S/C12H10FN3O4/c1-20-12(17)7-15-6-8(5-14-15)10-4-9(13)2-3-11(10)16(18)19/h2-6H,7H2,1H3. The fourth-order valence-corrected chi connectivity index (χ4v) is 1.68. The molecule has 2 rings (SSSR count). The van der Waals surface area contributed by atoms with Crippen LogP contribution in [0, 0.1) is 15.9 Å². The summed E-state index contributed by atoms with van der Waals surface area (Å²) >= 11 is 0. The quantitative estimate of drug-likeness (QED) is 0.483. The number of hydrogen-bond acceptors (Lipinski definition) is 5. The lowest BCUT2D eigenvalue weighted by atomic mass is 10.1. The van der Waals surface area contributed by atoms with E-state index in [1.807, 2.05) is 0 Å². The lowest BCUT2D eigenvalue weighted by Gasteiger charge is -2.00. The van der Waals surface area contributed by atoms with Crippen LogP contribution < -0.4 is 0 Å². The number of esters is 1. The Bertz CT molecular complexity index is 668. The number of carbonyl (C=O) groups is 1. The zero-order chi connectivity index (χ0) is 14.7. The normalized spacial score (nSPS) is 10.3. The first-order valence-corrected chi connectivity index (χ1v) is 5.55. The van der Waals surface area contributed by atoms with E-state index in [4.69, 9.17) is 0 Å². The molecular formula is C12H10FN3O4. The third-order valence-corrected chi connectivity index (χ3v) is 2.62. The molecule has 1 aromatic heterocycles. The number of carbonyl (C=O) groups excluding carboxylic acids is 1. The van der Waals surface area contributed by atoms with Gasteiger partial charge in [-0.25, -0.2) is 4.39 Å². The summed E-state index contributed by atoms with van der Waals surface area (Å²) in [5.41, 5.74) is 0.218. The molecule has 1 heterocycles. The minimum Gasteiger partial charge on any atom is -0.468 e. The second-order valence-electron chi connectivity index (χ2n) is 3.92. The van der Waals surface area contributed by atoms with Gasteiger partial charge in [0.2, 0.25) is 0 Å². The van der Waals surface area contributed by atoms with Crippen molar-refractivity contribution in [1.29, 1.82) is 0 Å². The summed E-state index contributed by atoms with van der Waals surface area (Å²) in [7, 11) is 1.24. The highest BCUT2D eigenvalue weighted by atomic mass is 19.1. The Morgan fingerprint density at radius 2 is 2.30 bits per heavy atom. The average molecular weight is 279 g/mol. The Hall–Kier alpha value is -2.77. The summed E-state index contributed by atoms with van der Waals surface area (Å²) in [5.74, 6) is -1.10. The van der Waals surface area contributed by atoms with E-state index in [0.29, 0.717) is 5.56 Å². The minimum atomic E-state index is -0.605. The zero-order valence-corrected chi connectivity index (χ0v) is 10.4. The molecule has 20 heavy (non-hydrogen) atoms. The van der Waals surface area contributed by atoms with Crippen molar-refractivity contribution in [2.75, 3.05) is 7.11 Å². The SMILES string of the molecule is COC(=O)Cn1cc(-c2cc(F)ccc2[N+](=O)[O-])cn1. The average Bonchev–Trinajstić information content (AvgIpc) is 2.86. The Balaban J connectivity index is 2.39. The van der Waals surface area contributed by atoms with Crippen LogP contribution in [0.25, 0.3) is 11.1 Å². The Morgan fingerprint density at radius 3 is 2.95 bits per heavy atom. The van der Waals surface area contributed by atoms with Gasteiger partial charge in [-0.3, -0.25) is 19.6 Å². The van der Waals surface area contributed by atoms with Crippen molar-refractivity contribution in [1.82, 2.24) is 9.78 Å². The number of benzene rings is 1. The fraction of sp³-hybridized carbons (Fsp3) is 0.167. The molecule has 0 bridgehead atoms. The first-order chi connectivity index (χ1) is 9.51. The van der Waals surface area contributed by atoms with Crippen molar-refractivity contribution < 1.29 is 18.8 Å². The predicted molar refractivity (Wildman–Crippen MR) is 66.3 cm³/mol. The van der Waals surface area contributed by atoms with Gasteiger partial charge in [-0.1, -0.05) is 0 Å². The van der Waals surface area contributed by atoms with Crippen molar-refractivity contribution in [3.8, 4) is 11.1 Å². The molecule has 104 valence electrons. The Kier molecular flexibility index (Phi) is 3.74. The molecule has 0 amide bonds. The van der Waals surface area contributed by atoms with E-state index in [9.17, 15) is 19.3 Å². The third kappa shape index (κ3) is 2.79. The number of ether oxygens (including phenoxy) is 1. The molecule has 0 saturated heterocycles. The maximum Gasteiger partial charge on any atom is 0.327 e. The van der Waals surface area contributed by atoms with Crippen molar-refractivity contribution in [3.63, 3.8) is 0 Å². The second kappa shape index (κ2) is 5.47. The van der Waals surface area contributed by atoms with E-state index in [1.165, 1.54) is 24.2 Å². The molecule has 0 spiro atoms. The smallest absolute Gasteiger partial charge is 0.327 e. The van der Waals surface area contributed by atoms with E-state index >= 15 is 0 Å². The maximum absolute atomic E-state index is 13.2. The van der Waals surface area contributed by atoms with E-state index in [-0.39, 0.29) is 17.8 Å². The number of nitro groups is 1. The summed E-state index contributed by atoms with van der Waals surface area (Å²) < 4.78 is 19.0. The first-order valence-electron chi connectivity index (χ1n) is 5.55. The summed E-state index contributed by atoms with van der Waals surface area (Å²) in [5, 5.41) is 14.8. The van der Waals surface area contributed by atoms with Crippen LogP contribution in [0.1, 0.15) is 0 Å². The van der Waals surface area contributed by atoms with Gasteiger partial charge < -0.3 is 4.74 Å². The van der Waals surface area contributed by atoms with E-state index in [2.05, 4.69) is 9.84 Å². The monoisotopic (exact) mass is 279 g/mol. The van der Waals surface area contributed by atoms with Crippen LogP contribution in [0.3, 0.4) is 0 Å². The summed E-state index contributed by atoms with van der Waals surface area (Å²) in [6.45, 7) is -0.125. The topological polar surface area (TPSA) is 87.3 Å².